The summed E-state index contributed by atoms with van der Waals surface area (Å²) in [4.78, 5) is 16.1. The van der Waals surface area contributed by atoms with Gasteiger partial charge in [0.05, 0.1) is 25.3 Å². The number of pyridine rings is 1. The highest BCUT2D eigenvalue weighted by Gasteiger charge is 2.09. The van der Waals surface area contributed by atoms with E-state index in [1.54, 1.807) is 24.4 Å². The van der Waals surface area contributed by atoms with Crippen LogP contribution >= 0.6 is 0 Å². The highest BCUT2D eigenvalue weighted by molar-refractivity contribution is 5.93. The molecule has 110 valence electrons. The van der Waals surface area contributed by atoms with Gasteiger partial charge in [0, 0.05) is 6.20 Å². The molecule has 5 heteroatoms. The maximum atomic E-state index is 12.0. The molecule has 0 saturated carbocycles. The summed E-state index contributed by atoms with van der Waals surface area (Å²) in [5, 5.41) is 11.5. The van der Waals surface area contributed by atoms with Crippen LogP contribution in [0, 0.1) is 11.3 Å². The standard InChI is InChI=1S/C17H15N3O2/c1-12(22-2)11-20-17(21)16-9-15(7-8-19-16)14-5-3-13(10-18)4-6-14/h3-9H,1,11H2,2H3,(H,20,21). The average molecular weight is 293 g/mol. The van der Waals surface area contributed by atoms with Crippen LogP contribution in [0.2, 0.25) is 0 Å². The van der Waals surface area contributed by atoms with Gasteiger partial charge in [0.25, 0.3) is 5.91 Å². The number of nitrogens with zero attached hydrogens (tertiary/aromatic N) is 2. The second kappa shape index (κ2) is 7.04. The van der Waals surface area contributed by atoms with Crippen LogP contribution in [0.15, 0.2) is 54.9 Å². The first-order valence-corrected chi connectivity index (χ1v) is 6.60. The van der Waals surface area contributed by atoms with Crippen LogP contribution in [0.4, 0.5) is 0 Å². The summed E-state index contributed by atoms with van der Waals surface area (Å²) in [5.41, 5.74) is 2.67. The molecular formula is C17H15N3O2. The van der Waals surface area contributed by atoms with Crippen molar-refractivity contribution in [3.63, 3.8) is 0 Å². The van der Waals surface area contributed by atoms with E-state index in [9.17, 15) is 4.79 Å². The number of hydrogen-bond acceptors (Lipinski definition) is 4. The van der Waals surface area contributed by atoms with Crippen molar-refractivity contribution in [3.8, 4) is 17.2 Å². The van der Waals surface area contributed by atoms with Gasteiger partial charge >= 0.3 is 0 Å². The van der Waals surface area contributed by atoms with Gasteiger partial charge in [0.2, 0.25) is 0 Å². The fraction of sp³-hybridized carbons (Fsp3) is 0.118. The lowest BCUT2D eigenvalue weighted by Gasteiger charge is -2.07. The number of nitrogens with one attached hydrogen (secondary N) is 1. The Morgan fingerprint density at radius 1 is 1.32 bits per heavy atom. The molecule has 22 heavy (non-hydrogen) atoms. The quantitative estimate of drug-likeness (QED) is 0.859. The number of nitriles is 1. The van der Waals surface area contributed by atoms with Crippen molar-refractivity contribution in [2.75, 3.05) is 13.7 Å². The molecule has 1 heterocycles. The zero-order chi connectivity index (χ0) is 15.9. The topological polar surface area (TPSA) is 75.0 Å². The molecule has 0 saturated heterocycles. The second-order valence-electron chi connectivity index (χ2n) is 4.54. The first-order chi connectivity index (χ1) is 10.6. The zero-order valence-corrected chi connectivity index (χ0v) is 12.2. The van der Waals surface area contributed by atoms with Crippen LogP contribution < -0.4 is 5.32 Å². The van der Waals surface area contributed by atoms with Crippen LogP contribution in [0.5, 0.6) is 0 Å². The third-order valence-corrected chi connectivity index (χ3v) is 3.07. The number of ether oxygens (including phenoxy) is 1. The molecule has 0 aliphatic rings. The molecule has 0 bridgehead atoms. The van der Waals surface area contributed by atoms with Crippen molar-refractivity contribution in [1.29, 1.82) is 5.26 Å². The van der Waals surface area contributed by atoms with Crippen LogP contribution in [0.3, 0.4) is 0 Å². The Morgan fingerprint density at radius 3 is 2.68 bits per heavy atom. The minimum Gasteiger partial charge on any atom is -0.500 e. The fourth-order valence-electron chi connectivity index (χ4n) is 1.81. The molecule has 1 aromatic carbocycles. The Morgan fingerprint density at radius 2 is 2.05 bits per heavy atom. The minimum atomic E-state index is -0.298. The Kier molecular flexibility index (Phi) is 4.89. The van der Waals surface area contributed by atoms with Gasteiger partial charge in [-0.25, -0.2) is 0 Å². The summed E-state index contributed by atoms with van der Waals surface area (Å²) < 4.78 is 4.90. The summed E-state index contributed by atoms with van der Waals surface area (Å²) in [5.74, 6) is 0.172. The highest BCUT2D eigenvalue weighted by atomic mass is 16.5. The molecule has 0 atom stereocenters. The van der Waals surface area contributed by atoms with E-state index in [1.165, 1.54) is 7.11 Å². The number of hydrogen-bond donors (Lipinski definition) is 1. The van der Waals surface area contributed by atoms with Gasteiger partial charge in [-0.1, -0.05) is 18.7 Å². The van der Waals surface area contributed by atoms with Gasteiger partial charge < -0.3 is 10.1 Å². The van der Waals surface area contributed by atoms with E-state index < -0.39 is 0 Å². The second-order valence-corrected chi connectivity index (χ2v) is 4.54. The Balaban J connectivity index is 2.17. The van der Waals surface area contributed by atoms with Crippen molar-refractivity contribution < 1.29 is 9.53 Å². The number of carbonyl (C=O) groups excluding carboxylic acids is 1. The molecule has 1 N–H and O–H groups in total. The molecule has 0 spiro atoms. The molecule has 1 aromatic heterocycles. The molecule has 5 nitrogen and oxygen atoms in total. The van der Waals surface area contributed by atoms with Crippen LogP contribution in [-0.2, 0) is 4.74 Å². The lowest BCUT2D eigenvalue weighted by Crippen LogP contribution is -2.26. The van der Waals surface area contributed by atoms with Crippen molar-refractivity contribution in [3.05, 3.63) is 66.2 Å². The third kappa shape index (κ3) is 3.70. The number of carbonyl (C=O) groups is 1. The molecule has 0 aliphatic carbocycles. The summed E-state index contributed by atoms with van der Waals surface area (Å²) in [6.45, 7) is 3.87. The van der Waals surface area contributed by atoms with E-state index >= 15 is 0 Å². The Hall–Kier alpha value is -3.13. The molecule has 0 unspecified atom stereocenters. The van der Waals surface area contributed by atoms with E-state index in [0.717, 1.165) is 11.1 Å². The van der Waals surface area contributed by atoms with Crippen molar-refractivity contribution >= 4 is 5.91 Å². The molecule has 2 aromatic rings. The van der Waals surface area contributed by atoms with Gasteiger partial charge in [0.15, 0.2) is 0 Å². The normalized spacial score (nSPS) is 9.64. The maximum absolute atomic E-state index is 12.0. The van der Waals surface area contributed by atoms with Crippen molar-refractivity contribution in [2.45, 2.75) is 0 Å². The van der Waals surface area contributed by atoms with Crippen molar-refractivity contribution in [2.24, 2.45) is 0 Å². The summed E-state index contributed by atoms with van der Waals surface area (Å²) in [6.07, 6.45) is 1.58. The first-order valence-electron chi connectivity index (χ1n) is 6.60. The smallest absolute Gasteiger partial charge is 0.270 e. The molecule has 0 aliphatic heterocycles. The summed E-state index contributed by atoms with van der Waals surface area (Å²) >= 11 is 0. The monoisotopic (exact) mass is 293 g/mol. The number of rotatable bonds is 5. The van der Waals surface area contributed by atoms with Crippen LogP contribution in [0.1, 0.15) is 16.1 Å². The summed E-state index contributed by atoms with van der Waals surface area (Å²) in [7, 11) is 1.50. The first kappa shape index (κ1) is 15.3. The zero-order valence-electron chi connectivity index (χ0n) is 12.2. The molecular weight excluding hydrogens is 278 g/mol. The Labute approximate surface area is 128 Å². The fourth-order valence-corrected chi connectivity index (χ4v) is 1.81. The van der Waals surface area contributed by atoms with Crippen LogP contribution in [-0.4, -0.2) is 24.5 Å². The van der Waals surface area contributed by atoms with Crippen LogP contribution in [0.25, 0.3) is 11.1 Å². The van der Waals surface area contributed by atoms with E-state index in [-0.39, 0.29) is 12.5 Å². The number of aromatic nitrogens is 1. The minimum absolute atomic E-state index is 0.234. The maximum Gasteiger partial charge on any atom is 0.270 e. The number of benzene rings is 1. The van der Waals surface area contributed by atoms with E-state index in [2.05, 4.69) is 22.9 Å². The SMILES string of the molecule is C=C(CNC(=O)c1cc(-c2ccc(C#N)cc2)ccn1)OC. The lowest BCUT2D eigenvalue weighted by atomic mass is 10.0. The average Bonchev–Trinajstić information content (AvgIpc) is 2.59. The van der Waals surface area contributed by atoms with E-state index in [4.69, 9.17) is 10.00 Å². The highest BCUT2D eigenvalue weighted by Crippen LogP contribution is 2.20. The summed E-state index contributed by atoms with van der Waals surface area (Å²) in [6, 6.07) is 12.7. The van der Waals surface area contributed by atoms with Gasteiger partial charge in [-0.2, -0.15) is 5.26 Å². The third-order valence-electron chi connectivity index (χ3n) is 3.07. The van der Waals surface area contributed by atoms with Crippen molar-refractivity contribution in [1.82, 2.24) is 10.3 Å². The lowest BCUT2D eigenvalue weighted by molar-refractivity contribution is 0.0945. The van der Waals surface area contributed by atoms with Gasteiger partial charge in [-0.3, -0.25) is 9.78 Å². The van der Waals surface area contributed by atoms with Gasteiger partial charge in [-0.05, 0) is 35.4 Å². The molecule has 0 fully saturated rings. The largest absolute Gasteiger partial charge is 0.500 e. The number of amides is 1. The predicted molar refractivity (Wildman–Crippen MR) is 82.9 cm³/mol. The molecule has 2 rings (SSSR count). The molecule has 1 amide bonds. The van der Waals surface area contributed by atoms with Gasteiger partial charge in [0.1, 0.15) is 11.5 Å². The molecule has 0 radical (unpaired) electrons. The van der Waals surface area contributed by atoms with Gasteiger partial charge in [-0.15, -0.1) is 0 Å². The number of methoxy groups -OCH3 is 1. The van der Waals surface area contributed by atoms with E-state index in [1.807, 2.05) is 18.2 Å². The Bertz CT molecular complexity index is 730. The predicted octanol–water partition coefficient (Wildman–Crippen LogP) is 2.51. The van der Waals surface area contributed by atoms with E-state index in [0.29, 0.717) is 17.0 Å².